The van der Waals surface area contributed by atoms with E-state index in [9.17, 15) is 4.79 Å². The SMILES string of the molecule is O=C(c1nc(-c2n[c]on2)cs1)c1c[nH]c2ccccc12. The van der Waals surface area contributed by atoms with E-state index in [-0.39, 0.29) is 5.78 Å². The Morgan fingerprint density at radius 3 is 3.10 bits per heavy atom. The minimum absolute atomic E-state index is 0.129. The average Bonchev–Trinajstić information content (AvgIpc) is 3.25. The van der Waals surface area contributed by atoms with Gasteiger partial charge in [-0.05, 0) is 6.07 Å². The van der Waals surface area contributed by atoms with Crippen molar-refractivity contribution >= 4 is 28.0 Å². The van der Waals surface area contributed by atoms with E-state index in [4.69, 9.17) is 0 Å². The Balaban J connectivity index is 1.75. The van der Waals surface area contributed by atoms with Crippen LogP contribution in [0, 0.1) is 6.39 Å². The lowest BCUT2D eigenvalue weighted by Crippen LogP contribution is -1.99. The van der Waals surface area contributed by atoms with Gasteiger partial charge in [-0.1, -0.05) is 23.4 Å². The molecule has 1 aromatic carbocycles. The number of hydrogen-bond donors (Lipinski definition) is 1. The highest BCUT2D eigenvalue weighted by atomic mass is 32.1. The van der Waals surface area contributed by atoms with Crippen molar-refractivity contribution < 1.29 is 9.32 Å². The van der Waals surface area contributed by atoms with Crippen LogP contribution in [-0.2, 0) is 0 Å². The van der Waals surface area contributed by atoms with E-state index in [1.165, 1.54) is 11.3 Å². The fraction of sp³-hybridized carbons (Fsp3) is 0. The van der Waals surface area contributed by atoms with Crippen molar-refractivity contribution in [1.29, 1.82) is 0 Å². The first-order valence-electron chi connectivity index (χ1n) is 6.09. The molecular weight excluding hydrogens is 288 g/mol. The van der Waals surface area contributed by atoms with Crippen molar-refractivity contribution in [3.8, 4) is 11.5 Å². The van der Waals surface area contributed by atoms with E-state index in [0.29, 0.717) is 22.1 Å². The van der Waals surface area contributed by atoms with Crippen LogP contribution in [0.4, 0.5) is 0 Å². The van der Waals surface area contributed by atoms with Gasteiger partial charge in [-0.3, -0.25) is 4.79 Å². The van der Waals surface area contributed by atoms with Gasteiger partial charge in [0.1, 0.15) is 5.69 Å². The van der Waals surface area contributed by atoms with Gasteiger partial charge in [-0.25, -0.2) is 4.98 Å². The molecule has 3 aromatic heterocycles. The topological polar surface area (TPSA) is 84.7 Å². The minimum atomic E-state index is -0.129. The van der Waals surface area contributed by atoms with Gasteiger partial charge in [-0.15, -0.1) is 11.3 Å². The van der Waals surface area contributed by atoms with Gasteiger partial charge in [0.15, 0.2) is 5.01 Å². The molecule has 0 aliphatic rings. The van der Waals surface area contributed by atoms with Crippen molar-refractivity contribution in [2.24, 2.45) is 0 Å². The molecule has 1 radical (unpaired) electrons. The number of benzene rings is 1. The number of thiazole rings is 1. The van der Waals surface area contributed by atoms with E-state index in [0.717, 1.165) is 10.9 Å². The summed E-state index contributed by atoms with van der Waals surface area (Å²) in [7, 11) is 0. The molecule has 1 N–H and O–H groups in total. The van der Waals surface area contributed by atoms with Crippen molar-refractivity contribution in [2.45, 2.75) is 0 Å². The standard InChI is InChI=1S/C14H7N4O2S/c19-12(9-5-15-10-4-2-1-3-8(9)10)14-17-11(6-21-14)13-16-7-20-18-13/h1-6,15H. The summed E-state index contributed by atoms with van der Waals surface area (Å²) in [6.07, 6.45) is 3.96. The number of hydrogen-bond acceptors (Lipinski definition) is 6. The fourth-order valence-electron chi connectivity index (χ4n) is 2.11. The fourth-order valence-corrected chi connectivity index (χ4v) is 2.86. The maximum Gasteiger partial charge on any atom is 0.316 e. The summed E-state index contributed by atoms with van der Waals surface area (Å²) < 4.78 is 4.56. The zero-order chi connectivity index (χ0) is 14.2. The van der Waals surface area contributed by atoms with Crippen LogP contribution in [0.5, 0.6) is 0 Å². The highest BCUT2D eigenvalue weighted by molar-refractivity contribution is 7.12. The van der Waals surface area contributed by atoms with E-state index in [2.05, 4.69) is 31.0 Å². The number of nitrogens with zero attached hydrogens (tertiary/aromatic N) is 3. The Kier molecular flexibility index (Phi) is 2.65. The number of ketones is 1. The highest BCUT2D eigenvalue weighted by Crippen LogP contribution is 2.24. The zero-order valence-corrected chi connectivity index (χ0v) is 11.3. The second-order valence-corrected chi connectivity index (χ2v) is 5.18. The van der Waals surface area contributed by atoms with E-state index in [1.54, 1.807) is 11.6 Å². The summed E-state index contributed by atoms with van der Waals surface area (Å²) >= 11 is 1.25. The number of nitrogens with one attached hydrogen (secondary N) is 1. The second-order valence-electron chi connectivity index (χ2n) is 4.32. The van der Waals surface area contributed by atoms with Crippen LogP contribution in [0.1, 0.15) is 15.4 Å². The first kappa shape index (κ1) is 12.0. The summed E-state index contributed by atoms with van der Waals surface area (Å²) in [6.45, 7) is 0. The lowest BCUT2D eigenvalue weighted by Gasteiger charge is -1.94. The van der Waals surface area contributed by atoms with E-state index >= 15 is 0 Å². The Morgan fingerprint density at radius 1 is 1.33 bits per heavy atom. The maximum atomic E-state index is 12.6. The molecule has 0 spiro atoms. The Bertz CT molecular complexity index is 923. The summed E-state index contributed by atoms with van der Waals surface area (Å²) in [5.41, 5.74) is 2.03. The minimum Gasteiger partial charge on any atom is -0.360 e. The molecule has 101 valence electrons. The smallest absolute Gasteiger partial charge is 0.316 e. The summed E-state index contributed by atoms with van der Waals surface area (Å²) in [5.74, 6) is 0.195. The zero-order valence-electron chi connectivity index (χ0n) is 10.5. The van der Waals surface area contributed by atoms with Crippen LogP contribution in [0.3, 0.4) is 0 Å². The molecule has 0 aliphatic heterocycles. The monoisotopic (exact) mass is 295 g/mol. The largest absolute Gasteiger partial charge is 0.360 e. The van der Waals surface area contributed by atoms with E-state index in [1.807, 2.05) is 24.3 Å². The molecule has 0 saturated carbocycles. The summed E-state index contributed by atoms with van der Waals surface area (Å²) in [6, 6.07) is 7.65. The molecule has 0 saturated heterocycles. The summed E-state index contributed by atoms with van der Waals surface area (Å²) in [4.78, 5) is 23.7. The molecule has 0 unspecified atom stereocenters. The van der Waals surface area contributed by atoms with Gasteiger partial charge in [0.05, 0.1) is 5.56 Å². The third-order valence-corrected chi connectivity index (χ3v) is 3.93. The molecule has 4 rings (SSSR count). The van der Waals surface area contributed by atoms with Gasteiger partial charge in [-0.2, -0.15) is 4.98 Å². The van der Waals surface area contributed by atoms with Crippen molar-refractivity contribution in [2.75, 3.05) is 0 Å². The molecule has 6 nitrogen and oxygen atoms in total. The highest BCUT2D eigenvalue weighted by Gasteiger charge is 2.19. The number of rotatable bonds is 3. The van der Waals surface area contributed by atoms with Gasteiger partial charge in [0.2, 0.25) is 11.6 Å². The quantitative estimate of drug-likeness (QED) is 0.587. The number of aromatic nitrogens is 4. The first-order valence-corrected chi connectivity index (χ1v) is 6.97. The van der Waals surface area contributed by atoms with Crippen LogP contribution in [0.25, 0.3) is 22.4 Å². The molecule has 0 aliphatic carbocycles. The molecular formula is C14H7N4O2S. The van der Waals surface area contributed by atoms with Gasteiger partial charge >= 0.3 is 6.39 Å². The van der Waals surface area contributed by atoms with Gasteiger partial charge in [0.25, 0.3) is 0 Å². The van der Waals surface area contributed by atoms with Crippen molar-refractivity contribution in [1.82, 2.24) is 20.1 Å². The number of aromatic amines is 1. The average molecular weight is 295 g/mol. The molecule has 0 bridgehead atoms. The molecule has 4 aromatic rings. The van der Waals surface area contributed by atoms with Gasteiger partial charge in [0, 0.05) is 22.5 Å². The third kappa shape index (κ3) is 1.95. The normalized spacial score (nSPS) is 11.0. The van der Waals surface area contributed by atoms with Crippen LogP contribution in [0.2, 0.25) is 0 Å². The molecule has 0 atom stereocenters. The molecule has 7 heteroatoms. The first-order chi connectivity index (χ1) is 10.3. The van der Waals surface area contributed by atoms with Crippen LogP contribution < -0.4 is 0 Å². The molecule has 21 heavy (non-hydrogen) atoms. The maximum absolute atomic E-state index is 12.6. The predicted molar refractivity (Wildman–Crippen MR) is 76.0 cm³/mol. The lowest BCUT2D eigenvalue weighted by molar-refractivity contribution is 0.104. The van der Waals surface area contributed by atoms with E-state index < -0.39 is 0 Å². The van der Waals surface area contributed by atoms with Crippen LogP contribution in [-0.4, -0.2) is 25.9 Å². The third-order valence-electron chi connectivity index (χ3n) is 3.09. The summed E-state index contributed by atoms with van der Waals surface area (Å²) in [5, 5.41) is 6.65. The van der Waals surface area contributed by atoms with Gasteiger partial charge < -0.3 is 9.51 Å². The Hall–Kier alpha value is -2.80. The number of fused-ring (bicyclic) bond motifs is 1. The van der Waals surface area contributed by atoms with Crippen molar-refractivity contribution in [3.63, 3.8) is 0 Å². The molecule has 0 amide bonds. The Morgan fingerprint density at radius 2 is 2.24 bits per heavy atom. The second kappa shape index (κ2) is 4.64. The number of H-pyrrole nitrogens is 1. The van der Waals surface area contributed by atoms with Crippen molar-refractivity contribution in [3.05, 3.63) is 52.8 Å². The molecule has 3 heterocycles. The molecule has 0 fully saturated rings. The van der Waals surface area contributed by atoms with Crippen LogP contribution >= 0.6 is 11.3 Å². The Labute approximate surface area is 122 Å². The lowest BCUT2D eigenvalue weighted by atomic mass is 10.1. The number of carbonyl (C=O) groups excluding carboxylic acids is 1. The number of para-hydroxylation sites is 1. The predicted octanol–water partition coefficient (Wildman–Crippen LogP) is 2.71. The van der Waals surface area contributed by atoms with Crippen LogP contribution in [0.15, 0.2) is 40.4 Å². The number of carbonyl (C=O) groups is 1.